The fourth-order valence-electron chi connectivity index (χ4n) is 4.93. The Morgan fingerprint density at radius 2 is 1.63 bits per heavy atom. The average Bonchev–Trinajstić information content (AvgIpc) is 3.52. The molecule has 38 heavy (non-hydrogen) atoms. The zero-order valence-corrected chi connectivity index (χ0v) is 23.4. The van der Waals surface area contributed by atoms with E-state index in [-0.39, 0.29) is 19.1 Å². The van der Waals surface area contributed by atoms with Crippen LogP contribution in [-0.4, -0.2) is 44.7 Å². The quantitative estimate of drug-likeness (QED) is 0.339. The van der Waals surface area contributed by atoms with Crippen LogP contribution in [0, 0.1) is 0 Å². The Morgan fingerprint density at radius 1 is 1.03 bits per heavy atom. The maximum atomic E-state index is 12.9. The molecule has 6 nitrogen and oxygen atoms in total. The Balaban J connectivity index is 1.28. The number of hydrogen-bond acceptors (Lipinski definition) is 6. The van der Waals surface area contributed by atoms with Gasteiger partial charge in [-0.3, -0.25) is 0 Å². The fraction of sp³-hybridized carbons (Fsp3) is 0.367. The predicted molar refractivity (Wildman–Crippen MR) is 152 cm³/mol. The van der Waals surface area contributed by atoms with Crippen molar-refractivity contribution in [3.8, 4) is 11.1 Å². The monoisotopic (exact) mass is 531 g/mol. The molecule has 2 heterocycles. The molecule has 2 aliphatic rings. The Hall–Kier alpha value is -2.91. The topological polar surface area (TPSA) is 66.0 Å². The number of carbonyl (C=O) groups is 1. The first kappa shape index (κ1) is 26.7. The summed E-state index contributed by atoms with van der Waals surface area (Å²) in [6.45, 7) is 9.14. The van der Waals surface area contributed by atoms with Crippen LogP contribution in [0.3, 0.4) is 0 Å². The summed E-state index contributed by atoms with van der Waals surface area (Å²) in [4.78, 5) is 14.0. The SMILES string of the molecule is COCc1cc(C=C(CNC(=O)OCC2c3ccccc3-c3ccccc32)B2OC(C)(C)C(C)(C)O2)cs1. The average molecular weight is 531 g/mol. The van der Waals surface area contributed by atoms with Crippen molar-refractivity contribution in [2.45, 2.75) is 51.4 Å². The molecule has 1 aliphatic carbocycles. The second kappa shape index (κ2) is 10.7. The molecule has 0 bridgehead atoms. The number of amides is 1. The lowest BCUT2D eigenvalue weighted by Crippen LogP contribution is -2.41. The molecule has 1 saturated heterocycles. The summed E-state index contributed by atoms with van der Waals surface area (Å²) in [7, 11) is 1.10. The normalized spacial score (nSPS) is 17.8. The van der Waals surface area contributed by atoms with Crippen LogP contribution < -0.4 is 5.32 Å². The standard InChI is InChI=1S/C30H34BNO5S/c1-29(2)30(3,4)37-31(36-29)21(14-20-15-22(17-34-5)38-19-20)16-32-28(33)35-18-27-25-12-8-6-10-23(25)24-11-7-9-13-26(24)27/h6-15,19,27H,16-18H2,1-5H3,(H,32,33). The van der Waals surface area contributed by atoms with Crippen LogP contribution in [0.25, 0.3) is 17.2 Å². The van der Waals surface area contributed by atoms with Gasteiger partial charge < -0.3 is 24.1 Å². The van der Waals surface area contributed by atoms with Gasteiger partial charge in [0.25, 0.3) is 0 Å². The van der Waals surface area contributed by atoms with E-state index in [4.69, 9.17) is 18.8 Å². The van der Waals surface area contributed by atoms with Gasteiger partial charge in [-0.25, -0.2) is 4.79 Å². The number of thiophene rings is 1. The van der Waals surface area contributed by atoms with Crippen LogP contribution >= 0.6 is 11.3 Å². The highest BCUT2D eigenvalue weighted by Crippen LogP contribution is 2.44. The van der Waals surface area contributed by atoms with Gasteiger partial charge in [-0.1, -0.05) is 54.6 Å². The third-order valence-corrected chi connectivity index (χ3v) is 8.58. The summed E-state index contributed by atoms with van der Waals surface area (Å²) in [6, 6.07) is 18.7. The van der Waals surface area contributed by atoms with Crippen molar-refractivity contribution >= 4 is 30.6 Å². The highest BCUT2D eigenvalue weighted by atomic mass is 32.1. The Kier molecular flexibility index (Phi) is 7.51. The van der Waals surface area contributed by atoms with E-state index in [1.54, 1.807) is 18.4 Å². The van der Waals surface area contributed by atoms with Crippen molar-refractivity contribution in [1.29, 1.82) is 0 Å². The van der Waals surface area contributed by atoms with Crippen LogP contribution in [0.5, 0.6) is 0 Å². The fourth-order valence-corrected chi connectivity index (χ4v) is 5.74. The number of nitrogens with one attached hydrogen (secondary N) is 1. The van der Waals surface area contributed by atoms with Crippen LogP contribution in [0.2, 0.25) is 0 Å². The summed E-state index contributed by atoms with van der Waals surface area (Å²) in [5.74, 6) is 0.0104. The molecular weight excluding hydrogens is 497 g/mol. The van der Waals surface area contributed by atoms with Gasteiger partial charge in [0.05, 0.1) is 17.8 Å². The molecule has 1 aliphatic heterocycles. The lowest BCUT2D eigenvalue weighted by atomic mass is 9.77. The van der Waals surface area contributed by atoms with Gasteiger partial charge in [0.1, 0.15) is 6.61 Å². The van der Waals surface area contributed by atoms with Crippen LogP contribution in [0.4, 0.5) is 4.79 Å². The first-order valence-electron chi connectivity index (χ1n) is 12.9. The van der Waals surface area contributed by atoms with E-state index in [0.29, 0.717) is 6.61 Å². The molecular formula is C30H34BNO5S. The van der Waals surface area contributed by atoms with Crippen molar-refractivity contribution in [3.05, 3.63) is 87.0 Å². The van der Waals surface area contributed by atoms with Gasteiger partial charge in [-0.05, 0) is 72.4 Å². The highest BCUT2D eigenvalue weighted by Gasteiger charge is 2.52. The maximum Gasteiger partial charge on any atom is 0.492 e. The molecule has 198 valence electrons. The molecule has 0 spiro atoms. The third kappa shape index (κ3) is 5.31. The van der Waals surface area contributed by atoms with Crippen LogP contribution in [0.1, 0.15) is 55.2 Å². The van der Waals surface area contributed by atoms with Gasteiger partial charge in [-0.15, -0.1) is 11.3 Å². The van der Waals surface area contributed by atoms with E-state index in [9.17, 15) is 4.79 Å². The number of rotatable bonds is 8. The minimum atomic E-state index is -0.584. The van der Waals surface area contributed by atoms with E-state index in [0.717, 1.165) is 15.9 Å². The zero-order chi connectivity index (χ0) is 26.9. The second-order valence-electron chi connectivity index (χ2n) is 10.8. The number of alkyl carbamates (subject to hydrolysis) is 1. The van der Waals surface area contributed by atoms with Crippen LogP contribution in [-0.2, 0) is 25.4 Å². The van der Waals surface area contributed by atoms with Gasteiger partial charge in [0.15, 0.2) is 0 Å². The lowest BCUT2D eigenvalue weighted by Gasteiger charge is -2.32. The van der Waals surface area contributed by atoms with Crippen molar-refractivity contribution in [2.24, 2.45) is 0 Å². The molecule has 0 unspecified atom stereocenters. The summed E-state index contributed by atoms with van der Waals surface area (Å²) in [5.41, 5.74) is 5.62. The van der Waals surface area contributed by atoms with Crippen molar-refractivity contribution < 1.29 is 23.6 Å². The molecule has 1 fully saturated rings. The Labute approximate surface area is 229 Å². The van der Waals surface area contributed by atoms with Crippen molar-refractivity contribution in [1.82, 2.24) is 5.32 Å². The summed E-state index contributed by atoms with van der Waals surface area (Å²) >= 11 is 1.63. The van der Waals surface area contributed by atoms with Gasteiger partial charge in [0, 0.05) is 24.4 Å². The Morgan fingerprint density at radius 3 is 2.24 bits per heavy atom. The largest absolute Gasteiger partial charge is 0.492 e. The van der Waals surface area contributed by atoms with Crippen molar-refractivity contribution in [2.75, 3.05) is 20.3 Å². The summed E-state index contributed by atoms with van der Waals surface area (Å²) in [6.07, 6.45) is 1.54. The summed E-state index contributed by atoms with van der Waals surface area (Å²) < 4.78 is 23.6. The number of fused-ring (bicyclic) bond motifs is 3. The van der Waals surface area contributed by atoms with E-state index >= 15 is 0 Å². The number of benzene rings is 2. The summed E-state index contributed by atoms with van der Waals surface area (Å²) in [5, 5.41) is 4.99. The molecule has 3 aromatic rings. The molecule has 5 rings (SSSR count). The molecule has 0 radical (unpaired) electrons. The molecule has 2 aromatic carbocycles. The molecule has 8 heteroatoms. The minimum Gasteiger partial charge on any atom is -0.449 e. The lowest BCUT2D eigenvalue weighted by molar-refractivity contribution is 0.00578. The molecule has 0 saturated carbocycles. The number of ether oxygens (including phenoxy) is 2. The van der Waals surface area contributed by atoms with Gasteiger partial charge in [0.2, 0.25) is 0 Å². The first-order valence-corrected chi connectivity index (χ1v) is 13.8. The first-order chi connectivity index (χ1) is 18.2. The number of hydrogen-bond donors (Lipinski definition) is 1. The molecule has 1 N–H and O–H groups in total. The van der Waals surface area contributed by atoms with Crippen LogP contribution in [0.15, 0.2) is 65.4 Å². The third-order valence-electron chi connectivity index (χ3n) is 7.65. The van der Waals surface area contributed by atoms with E-state index in [1.807, 2.05) is 58.0 Å². The maximum absolute atomic E-state index is 12.9. The molecule has 0 atom stereocenters. The van der Waals surface area contributed by atoms with E-state index in [1.165, 1.54) is 22.3 Å². The van der Waals surface area contributed by atoms with E-state index < -0.39 is 24.4 Å². The van der Waals surface area contributed by atoms with Gasteiger partial charge in [-0.2, -0.15) is 0 Å². The Bertz CT molecular complexity index is 1290. The predicted octanol–water partition coefficient (Wildman–Crippen LogP) is 6.45. The molecule has 1 amide bonds. The van der Waals surface area contributed by atoms with E-state index in [2.05, 4.69) is 41.0 Å². The van der Waals surface area contributed by atoms with Crippen molar-refractivity contribution in [3.63, 3.8) is 0 Å². The molecule has 1 aromatic heterocycles. The number of carbonyl (C=O) groups excluding carboxylic acids is 1. The highest BCUT2D eigenvalue weighted by molar-refractivity contribution is 7.10. The second-order valence-corrected chi connectivity index (χ2v) is 11.8. The number of methoxy groups -OCH3 is 1. The smallest absolute Gasteiger partial charge is 0.449 e. The van der Waals surface area contributed by atoms with Gasteiger partial charge >= 0.3 is 13.2 Å². The zero-order valence-electron chi connectivity index (χ0n) is 22.6. The minimum absolute atomic E-state index is 0.0104.